The summed E-state index contributed by atoms with van der Waals surface area (Å²) >= 11 is 0. The van der Waals surface area contributed by atoms with Crippen LogP contribution in [0, 0.1) is 5.92 Å². The van der Waals surface area contributed by atoms with Gasteiger partial charge >= 0.3 is 0 Å². The fourth-order valence-corrected chi connectivity index (χ4v) is 2.36. The standard InChI is InChI=1S/C13H23N3/c1-16-9-5-12(6-10-16)4-8-14-11-13-3-2-7-15-13/h2-3,7,12,14-15H,4-6,8-11H2,1H3. The van der Waals surface area contributed by atoms with Gasteiger partial charge in [-0.3, -0.25) is 0 Å². The molecule has 1 aliphatic rings. The Kier molecular flexibility index (Phi) is 4.43. The van der Waals surface area contributed by atoms with Crippen LogP contribution in [0.1, 0.15) is 25.0 Å². The average Bonchev–Trinajstić information content (AvgIpc) is 2.80. The molecule has 1 saturated heterocycles. The van der Waals surface area contributed by atoms with Crippen molar-refractivity contribution in [3.8, 4) is 0 Å². The van der Waals surface area contributed by atoms with Crippen LogP contribution in [0.3, 0.4) is 0 Å². The first-order valence-corrected chi connectivity index (χ1v) is 6.36. The minimum atomic E-state index is 0.937. The number of nitrogens with one attached hydrogen (secondary N) is 2. The Bertz CT molecular complexity index is 273. The van der Waals surface area contributed by atoms with Gasteiger partial charge in [-0.15, -0.1) is 0 Å². The van der Waals surface area contributed by atoms with Gasteiger partial charge in [0.25, 0.3) is 0 Å². The predicted octanol–water partition coefficient (Wildman–Crippen LogP) is 1.84. The molecule has 0 bridgehead atoms. The number of hydrogen-bond donors (Lipinski definition) is 2. The molecule has 0 amide bonds. The second-order valence-electron chi connectivity index (χ2n) is 4.91. The van der Waals surface area contributed by atoms with E-state index in [9.17, 15) is 0 Å². The van der Waals surface area contributed by atoms with E-state index in [2.05, 4.69) is 28.3 Å². The molecular weight excluding hydrogens is 198 g/mol. The summed E-state index contributed by atoms with van der Waals surface area (Å²) in [5.41, 5.74) is 1.28. The Labute approximate surface area is 98.2 Å². The zero-order valence-corrected chi connectivity index (χ0v) is 10.2. The molecule has 0 unspecified atom stereocenters. The number of likely N-dealkylation sites (tertiary alicyclic amines) is 1. The van der Waals surface area contributed by atoms with Crippen molar-refractivity contribution < 1.29 is 0 Å². The van der Waals surface area contributed by atoms with Gasteiger partial charge in [0, 0.05) is 18.4 Å². The molecule has 2 N–H and O–H groups in total. The highest BCUT2D eigenvalue weighted by molar-refractivity contribution is 5.02. The second kappa shape index (κ2) is 6.06. The first-order chi connectivity index (χ1) is 7.84. The summed E-state index contributed by atoms with van der Waals surface area (Å²) in [6, 6.07) is 4.18. The lowest BCUT2D eigenvalue weighted by Gasteiger charge is -2.28. The zero-order chi connectivity index (χ0) is 11.2. The quantitative estimate of drug-likeness (QED) is 0.743. The van der Waals surface area contributed by atoms with Crippen molar-refractivity contribution >= 4 is 0 Å². The van der Waals surface area contributed by atoms with E-state index in [1.165, 1.54) is 38.0 Å². The zero-order valence-electron chi connectivity index (χ0n) is 10.2. The summed E-state index contributed by atoms with van der Waals surface area (Å²) in [6.07, 6.45) is 6.06. The van der Waals surface area contributed by atoms with Crippen LogP contribution in [0.4, 0.5) is 0 Å². The van der Waals surface area contributed by atoms with E-state index in [4.69, 9.17) is 0 Å². The van der Waals surface area contributed by atoms with Gasteiger partial charge in [-0.05, 0) is 64.0 Å². The number of nitrogens with zero attached hydrogens (tertiary/aromatic N) is 1. The smallest absolute Gasteiger partial charge is 0.0357 e. The maximum absolute atomic E-state index is 3.50. The molecule has 1 aromatic heterocycles. The van der Waals surface area contributed by atoms with Crippen LogP contribution < -0.4 is 5.32 Å². The van der Waals surface area contributed by atoms with E-state index >= 15 is 0 Å². The second-order valence-corrected chi connectivity index (χ2v) is 4.91. The number of H-pyrrole nitrogens is 1. The third-order valence-electron chi connectivity index (χ3n) is 3.55. The van der Waals surface area contributed by atoms with Gasteiger partial charge < -0.3 is 15.2 Å². The van der Waals surface area contributed by atoms with Crippen molar-refractivity contribution in [2.45, 2.75) is 25.8 Å². The maximum atomic E-state index is 3.50. The number of aromatic nitrogens is 1. The van der Waals surface area contributed by atoms with Crippen molar-refractivity contribution in [3.63, 3.8) is 0 Å². The minimum Gasteiger partial charge on any atom is -0.364 e. The molecule has 90 valence electrons. The van der Waals surface area contributed by atoms with E-state index in [1.54, 1.807) is 0 Å². The van der Waals surface area contributed by atoms with E-state index in [1.807, 2.05) is 12.3 Å². The average molecular weight is 221 g/mol. The fourth-order valence-electron chi connectivity index (χ4n) is 2.36. The number of hydrogen-bond acceptors (Lipinski definition) is 2. The Balaban J connectivity index is 1.55. The molecule has 2 rings (SSSR count). The third kappa shape index (κ3) is 3.65. The largest absolute Gasteiger partial charge is 0.364 e. The molecule has 0 aliphatic carbocycles. The molecule has 2 heterocycles. The molecule has 1 fully saturated rings. The van der Waals surface area contributed by atoms with E-state index in [-0.39, 0.29) is 0 Å². The molecule has 0 aromatic carbocycles. The lowest BCUT2D eigenvalue weighted by atomic mass is 9.94. The summed E-state index contributed by atoms with van der Waals surface area (Å²) in [7, 11) is 2.22. The molecule has 0 atom stereocenters. The minimum absolute atomic E-state index is 0.937. The summed E-state index contributed by atoms with van der Waals surface area (Å²) in [5.74, 6) is 0.937. The summed E-state index contributed by atoms with van der Waals surface area (Å²) in [4.78, 5) is 5.65. The van der Waals surface area contributed by atoms with E-state index in [0.29, 0.717) is 0 Å². The van der Waals surface area contributed by atoms with Gasteiger partial charge in [-0.2, -0.15) is 0 Å². The fraction of sp³-hybridized carbons (Fsp3) is 0.692. The summed E-state index contributed by atoms with van der Waals surface area (Å²) in [6.45, 7) is 4.68. The molecule has 1 aliphatic heterocycles. The lowest BCUT2D eigenvalue weighted by Crippen LogP contribution is -2.31. The molecule has 3 nitrogen and oxygen atoms in total. The van der Waals surface area contributed by atoms with Crippen molar-refractivity contribution in [2.75, 3.05) is 26.7 Å². The predicted molar refractivity (Wildman–Crippen MR) is 67.3 cm³/mol. The van der Waals surface area contributed by atoms with Crippen LogP contribution in [0.5, 0.6) is 0 Å². The first kappa shape index (κ1) is 11.7. The number of aromatic amines is 1. The van der Waals surface area contributed by atoms with Crippen LogP contribution in [0.2, 0.25) is 0 Å². The Morgan fingerprint density at radius 2 is 2.25 bits per heavy atom. The summed E-state index contributed by atoms with van der Waals surface area (Å²) < 4.78 is 0. The van der Waals surface area contributed by atoms with Crippen molar-refractivity contribution in [1.29, 1.82) is 0 Å². The highest BCUT2D eigenvalue weighted by Crippen LogP contribution is 2.18. The Hall–Kier alpha value is -0.800. The lowest BCUT2D eigenvalue weighted by molar-refractivity contribution is 0.211. The van der Waals surface area contributed by atoms with Gasteiger partial charge in [0.1, 0.15) is 0 Å². The van der Waals surface area contributed by atoms with Gasteiger partial charge in [0.15, 0.2) is 0 Å². The monoisotopic (exact) mass is 221 g/mol. The van der Waals surface area contributed by atoms with Crippen molar-refractivity contribution in [1.82, 2.24) is 15.2 Å². The summed E-state index contributed by atoms with van der Waals surface area (Å²) in [5, 5.41) is 3.50. The van der Waals surface area contributed by atoms with Crippen LogP contribution >= 0.6 is 0 Å². The highest BCUT2D eigenvalue weighted by atomic mass is 15.1. The van der Waals surface area contributed by atoms with Crippen LogP contribution in [-0.2, 0) is 6.54 Å². The SMILES string of the molecule is CN1CCC(CCNCc2ccc[nH]2)CC1. The molecular formula is C13H23N3. The van der Waals surface area contributed by atoms with Crippen molar-refractivity contribution in [2.24, 2.45) is 5.92 Å². The molecule has 3 heteroatoms. The van der Waals surface area contributed by atoms with Gasteiger partial charge in [-0.25, -0.2) is 0 Å². The van der Waals surface area contributed by atoms with E-state index < -0.39 is 0 Å². The maximum Gasteiger partial charge on any atom is 0.0357 e. The van der Waals surface area contributed by atoms with Gasteiger partial charge in [0.2, 0.25) is 0 Å². The molecule has 16 heavy (non-hydrogen) atoms. The topological polar surface area (TPSA) is 31.1 Å². The van der Waals surface area contributed by atoms with Gasteiger partial charge in [0.05, 0.1) is 0 Å². The molecule has 0 saturated carbocycles. The normalized spacial score (nSPS) is 19.1. The molecule has 0 spiro atoms. The Morgan fingerprint density at radius 3 is 2.94 bits per heavy atom. The van der Waals surface area contributed by atoms with Crippen LogP contribution in [0.15, 0.2) is 18.3 Å². The Morgan fingerprint density at radius 1 is 1.44 bits per heavy atom. The van der Waals surface area contributed by atoms with Crippen LogP contribution in [-0.4, -0.2) is 36.6 Å². The van der Waals surface area contributed by atoms with Crippen molar-refractivity contribution in [3.05, 3.63) is 24.0 Å². The van der Waals surface area contributed by atoms with Crippen LogP contribution in [0.25, 0.3) is 0 Å². The number of rotatable bonds is 5. The number of piperidine rings is 1. The first-order valence-electron chi connectivity index (χ1n) is 6.36. The highest BCUT2D eigenvalue weighted by Gasteiger charge is 2.15. The third-order valence-corrected chi connectivity index (χ3v) is 3.55. The van der Waals surface area contributed by atoms with E-state index in [0.717, 1.165) is 19.0 Å². The molecule has 1 aromatic rings. The molecule has 0 radical (unpaired) electrons. The van der Waals surface area contributed by atoms with Gasteiger partial charge in [-0.1, -0.05) is 0 Å².